The lowest BCUT2D eigenvalue weighted by Gasteiger charge is -2.44. The van der Waals surface area contributed by atoms with Crippen molar-refractivity contribution in [1.29, 1.82) is 0 Å². The monoisotopic (exact) mass is 421 g/mol. The van der Waals surface area contributed by atoms with Crippen molar-refractivity contribution in [3.63, 3.8) is 0 Å². The minimum atomic E-state index is -4.51. The van der Waals surface area contributed by atoms with E-state index in [-0.39, 0.29) is 17.1 Å². The van der Waals surface area contributed by atoms with Gasteiger partial charge in [0.25, 0.3) is 5.91 Å². The molecule has 1 amide bonds. The van der Waals surface area contributed by atoms with Crippen LogP contribution in [0, 0.1) is 11.3 Å². The highest BCUT2D eigenvalue weighted by atomic mass is 19.4. The fourth-order valence-corrected chi connectivity index (χ4v) is 3.77. The zero-order valence-corrected chi connectivity index (χ0v) is 17.4. The Hall–Kier alpha value is -2.38. The third kappa shape index (κ3) is 5.02. The molecule has 2 aromatic carbocycles. The van der Waals surface area contributed by atoms with Crippen molar-refractivity contribution >= 4 is 11.6 Å². The molecule has 0 unspecified atom stereocenters. The third-order valence-corrected chi connectivity index (χ3v) is 5.12. The minimum Gasteiger partial charge on any atom is -0.348 e. The molecule has 30 heavy (non-hydrogen) atoms. The Labute approximate surface area is 174 Å². The van der Waals surface area contributed by atoms with Crippen LogP contribution >= 0.6 is 0 Å². The summed E-state index contributed by atoms with van der Waals surface area (Å²) in [6, 6.07) is 11.3. The van der Waals surface area contributed by atoms with E-state index >= 15 is 0 Å². The van der Waals surface area contributed by atoms with E-state index in [1.807, 2.05) is 6.07 Å². The molecule has 4 nitrogen and oxygen atoms in total. The quantitative estimate of drug-likeness (QED) is 0.653. The SMILES string of the molecule is CC(C)[C@@H]1O[C@@H](c2cccc(NC(=O)c3cccc(C(F)(F)F)c3)c2)OCC1(C)C. The maximum absolute atomic E-state index is 12.9. The van der Waals surface area contributed by atoms with Crippen molar-refractivity contribution in [2.24, 2.45) is 11.3 Å². The second-order valence-corrected chi connectivity index (χ2v) is 8.59. The number of hydrogen-bond donors (Lipinski definition) is 1. The van der Waals surface area contributed by atoms with Crippen LogP contribution in [0.25, 0.3) is 0 Å². The molecule has 1 N–H and O–H groups in total. The van der Waals surface area contributed by atoms with Crippen LogP contribution in [-0.4, -0.2) is 18.6 Å². The highest BCUT2D eigenvalue weighted by molar-refractivity contribution is 6.04. The van der Waals surface area contributed by atoms with Gasteiger partial charge in [0.2, 0.25) is 0 Å². The number of halogens is 3. The number of ether oxygens (including phenoxy) is 2. The van der Waals surface area contributed by atoms with Crippen molar-refractivity contribution in [2.75, 3.05) is 11.9 Å². The summed E-state index contributed by atoms with van der Waals surface area (Å²) in [6.07, 6.45) is -5.08. The number of rotatable bonds is 4. The molecule has 7 heteroatoms. The molecule has 162 valence electrons. The lowest BCUT2D eigenvalue weighted by atomic mass is 9.80. The Morgan fingerprint density at radius 3 is 2.50 bits per heavy atom. The average Bonchev–Trinajstić information content (AvgIpc) is 2.67. The first-order chi connectivity index (χ1) is 14.0. The Balaban J connectivity index is 1.76. The molecule has 0 aromatic heterocycles. The first-order valence-electron chi connectivity index (χ1n) is 9.83. The van der Waals surface area contributed by atoms with E-state index in [1.54, 1.807) is 18.2 Å². The zero-order chi connectivity index (χ0) is 22.1. The van der Waals surface area contributed by atoms with Gasteiger partial charge < -0.3 is 14.8 Å². The predicted molar refractivity (Wildman–Crippen MR) is 108 cm³/mol. The predicted octanol–water partition coefficient (Wildman–Crippen LogP) is 6.05. The van der Waals surface area contributed by atoms with Gasteiger partial charge in [0.15, 0.2) is 6.29 Å². The number of alkyl halides is 3. The molecule has 0 saturated carbocycles. The maximum atomic E-state index is 12.9. The van der Waals surface area contributed by atoms with Crippen LogP contribution in [0.15, 0.2) is 48.5 Å². The molecule has 1 heterocycles. The normalized spacial score (nSPS) is 21.5. The van der Waals surface area contributed by atoms with Crippen molar-refractivity contribution in [1.82, 2.24) is 0 Å². The van der Waals surface area contributed by atoms with E-state index in [4.69, 9.17) is 9.47 Å². The van der Waals surface area contributed by atoms with E-state index in [1.165, 1.54) is 12.1 Å². The fraction of sp³-hybridized carbons (Fsp3) is 0.435. The summed E-state index contributed by atoms with van der Waals surface area (Å²) < 4.78 is 50.8. The number of anilines is 1. The van der Waals surface area contributed by atoms with Crippen molar-refractivity contribution in [2.45, 2.75) is 46.3 Å². The highest BCUT2D eigenvalue weighted by Gasteiger charge is 2.40. The molecule has 1 saturated heterocycles. The molecule has 0 spiro atoms. The number of carbonyl (C=O) groups excluding carboxylic acids is 1. The smallest absolute Gasteiger partial charge is 0.348 e. The van der Waals surface area contributed by atoms with Crippen LogP contribution in [0.1, 0.15) is 55.5 Å². The summed E-state index contributed by atoms with van der Waals surface area (Å²) in [6.45, 7) is 8.92. The zero-order valence-electron chi connectivity index (χ0n) is 17.4. The van der Waals surface area contributed by atoms with Gasteiger partial charge in [-0.25, -0.2) is 0 Å². The second kappa shape index (κ2) is 8.40. The van der Waals surface area contributed by atoms with Gasteiger partial charge in [-0.05, 0) is 36.2 Å². The standard InChI is InChI=1S/C23H26F3NO3/c1-14(2)19-22(3,4)13-29-21(30-19)16-8-6-10-18(12-16)27-20(28)15-7-5-9-17(11-15)23(24,25)26/h5-12,14,19,21H,13H2,1-4H3,(H,27,28)/t19-,21-/m0/s1. The van der Waals surface area contributed by atoms with Crippen LogP contribution in [0.5, 0.6) is 0 Å². The Morgan fingerprint density at radius 2 is 1.83 bits per heavy atom. The molecule has 3 rings (SSSR count). The number of amides is 1. The number of nitrogens with one attached hydrogen (secondary N) is 1. The van der Waals surface area contributed by atoms with Crippen LogP contribution in [-0.2, 0) is 15.7 Å². The number of carbonyl (C=O) groups is 1. The molecular weight excluding hydrogens is 395 g/mol. The van der Waals surface area contributed by atoms with E-state index in [9.17, 15) is 18.0 Å². The van der Waals surface area contributed by atoms with Crippen LogP contribution in [0.2, 0.25) is 0 Å². The number of hydrogen-bond acceptors (Lipinski definition) is 3. The molecule has 2 aromatic rings. The molecule has 1 fully saturated rings. The summed E-state index contributed by atoms with van der Waals surface area (Å²) in [7, 11) is 0. The largest absolute Gasteiger partial charge is 0.416 e. The topological polar surface area (TPSA) is 47.6 Å². The summed E-state index contributed by atoms with van der Waals surface area (Å²) in [5.41, 5.74) is 0.128. The molecule has 1 aliphatic heterocycles. The Bertz CT molecular complexity index is 909. The Kier molecular flexibility index (Phi) is 6.24. The maximum Gasteiger partial charge on any atom is 0.416 e. The van der Waals surface area contributed by atoms with E-state index in [0.717, 1.165) is 17.7 Å². The molecule has 2 atom stereocenters. The number of benzene rings is 2. The molecular formula is C23H26F3NO3. The third-order valence-electron chi connectivity index (χ3n) is 5.12. The van der Waals surface area contributed by atoms with Gasteiger partial charge in [-0.2, -0.15) is 13.2 Å². The first kappa shape index (κ1) is 22.3. The van der Waals surface area contributed by atoms with Crippen molar-refractivity contribution in [3.05, 3.63) is 65.2 Å². The van der Waals surface area contributed by atoms with Gasteiger partial charge in [-0.3, -0.25) is 4.79 Å². The van der Waals surface area contributed by atoms with Gasteiger partial charge in [0.1, 0.15) is 0 Å². The van der Waals surface area contributed by atoms with Crippen LogP contribution in [0.4, 0.5) is 18.9 Å². The van der Waals surface area contributed by atoms with Gasteiger partial charge in [0.05, 0.1) is 18.3 Å². The lowest BCUT2D eigenvalue weighted by Crippen LogP contribution is -2.45. The van der Waals surface area contributed by atoms with E-state index in [0.29, 0.717) is 18.2 Å². The summed E-state index contributed by atoms with van der Waals surface area (Å²) in [5, 5.41) is 2.65. The highest BCUT2D eigenvalue weighted by Crippen LogP contribution is 2.40. The molecule has 1 aliphatic rings. The van der Waals surface area contributed by atoms with E-state index in [2.05, 4.69) is 33.0 Å². The van der Waals surface area contributed by atoms with Gasteiger partial charge in [-0.1, -0.05) is 45.9 Å². The van der Waals surface area contributed by atoms with Gasteiger partial charge in [-0.15, -0.1) is 0 Å². The van der Waals surface area contributed by atoms with Crippen molar-refractivity contribution in [3.8, 4) is 0 Å². The summed E-state index contributed by atoms with van der Waals surface area (Å²) >= 11 is 0. The van der Waals surface area contributed by atoms with Gasteiger partial charge >= 0.3 is 6.18 Å². The fourth-order valence-electron chi connectivity index (χ4n) is 3.77. The average molecular weight is 421 g/mol. The minimum absolute atomic E-state index is 0.000365. The van der Waals surface area contributed by atoms with E-state index < -0.39 is 23.9 Å². The second-order valence-electron chi connectivity index (χ2n) is 8.59. The molecule has 0 bridgehead atoms. The van der Waals surface area contributed by atoms with Crippen molar-refractivity contribution < 1.29 is 27.4 Å². The summed E-state index contributed by atoms with van der Waals surface area (Å²) in [5.74, 6) is -0.319. The lowest BCUT2D eigenvalue weighted by molar-refractivity contribution is -0.274. The summed E-state index contributed by atoms with van der Waals surface area (Å²) in [4.78, 5) is 12.5. The Morgan fingerprint density at radius 1 is 1.13 bits per heavy atom. The van der Waals surface area contributed by atoms with Gasteiger partial charge in [0, 0.05) is 22.2 Å². The molecule has 0 radical (unpaired) electrons. The molecule has 0 aliphatic carbocycles. The van der Waals surface area contributed by atoms with Crippen LogP contribution in [0.3, 0.4) is 0 Å². The van der Waals surface area contributed by atoms with Crippen LogP contribution < -0.4 is 5.32 Å². The first-order valence-corrected chi connectivity index (χ1v) is 9.83.